The van der Waals surface area contributed by atoms with Gasteiger partial charge in [0.05, 0.1) is 19.2 Å². The first-order chi connectivity index (χ1) is 6.90. The zero-order chi connectivity index (χ0) is 11.6. The molecule has 80 valence electrons. The maximum atomic E-state index is 10.9. The van der Waals surface area contributed by atoms with E-state index in [1.54, 1.807) is 0 Å². The van der Waals surface area contributed by atoms with E-state index < -0.39 is 15.0 Å². The van der Waals surface area contributed by atoms with E-state index in [4.69, 9.17) is 26.3 Å². The Hall–Kier alpha value is -1.36. The SMILES string of the molecule is COc1cc([N+]#N)cc(S(=O)(=O)O)c1Cl. The van der Waals surface area contributed by atoms with E-state index in [1.807, 2.05) is 0 Å². The molecule has 0 aromatic heterocycles. The number of halogens is 1. The van der Waals surface area contributed by atoms with Gasteiger partial charge in [-0.25, -0.2) is 0 Å². The Bertz CT molecular complexity index is 535. The molecule has 1 aromatic rings. The minimum absolute atomic E-state index is 0.0143. The number of diazo groups is 1. The summed E-state index contributed by atoms with van der Waals surface area (Å²) >= 11 is 5.64. The molecule has 15 heavy (non-hydrogen) atoms. The van der Waals surface area contributed by atoms with Gasteiger partial charge in [-0.05, 0) is 0 Å². The standard InChI is InChI=1S/C7H5ClN2O4S/c1-14-5-2-4(10-9)3-6(7(5)8)15(11,12)13/h2-3H,1H3/p+1. The molecule has 0 saturated heterocycles. The number of benzene rings is 1. The van der Waals surface area contributed by atoms with E-state index in [9.17, 15) is 8.42 Å². The Morgan fingerprint density at radius 2 is 2.13 bits per heavy atom. The second-order valence-corrected chi connectivity index (χ2v) is 4.30. The van der Waals surface area contributed by atoms with Crippen LogP contribution in [0.5, 0.6) is 5.75 Å². The lowest BCUT2D eigenvalue weighted by molar-refractivity contribution is 0.413. The molecule has 0 saturated carbocycles. The maximum Gasteiger partial charge on any atom is 0.390 e. The van der Waals surface area contributed by atoms with Crippen molar-refractivity contribution >= 4 is 27.4 Å². The van der Waals surface area contributed by atoms with Crippen molar-refractivity contribution in [2.75, 3.05) is 7.11 Å². The average Bonchev–Trinajstić information content (AvgIpc) is 2.16. The van der Waals surface area contributed by atoms with Crippen molar-refractivity contribution in [2.24, 2.45) is 0 Å². The van der Waals surface area contributed by atoms with Crippen LogP contribution in [0.15, 0.2) is 17.0 Å². The lowest BCUT2D eigenvalue weighted by atomic mass is 10.3. The highest BCUT2D eigenvalue weighted by atomic mass is 35.5. The van der Waals surface area contributed by atoms with Gasteiger partial charge in [0.25, 0.3) is 10.1 Å². The lowest BCUT2D eigenvalue weighted by Crippen LogP contribution is -2.00. The van der Waals surface area contributed by atoms with Gasteiger partial charge in [-0.2, -0.15) is 8.42 Å². The van der Waals surface area contributed by atoms with Crippen molar-refractivity contribution < 1.29 is 17.7 Å². The molecule has 0 aliphatic heterocycles. The summed E-state index contributed by atoms with van der Waals surface area (Å²) in [6.45, 7) is 0. The summed E-state index contributed by atoms with van der Waals surface area (Å²) < 4.78 is 35.3. The molecule has 0 atom stereocenters. The number of rotatable bonds is 2. The fourth-order valence-corrected chi connectivity index (χ4v) is 2.03. The highest BCUT2D eigenvalue weighted by Crippen LogP contribution is 2.35. The summed E-state index contributed by atoms with van der Waals surface area (Å²) in [5, 5.41) is 8.22. The van der Waals surface area contributed by atoms with Gasteiger partial charge in [0, 0.05) is 0 Å². The first-order valence-electron chi connectivity index (χ1n) is 3.60. The van der Waals surface area contributed by atoms with Crippen molar-refractivity contribution in [1.29, 1.82) is 5.39 Å². The van der Waals surface area contributed by atoms with Gasteiger partial charge in [-0.3, -0.25) is 4.55 Å². The minimum atomic E-state index is -4.48. The molecule has 6 nitrogen and oxygen atoms in total. The Morgan fingerprint density at radius 3 is 2.53 bits per heavy atom. The molecule has 0 fully saturated rings. The van der Waals surface area contributed by atoms with Gasteiger partial charge in [-0.15, -0.1) is 0 Å². The highest BCUT2D eigenvalue weighted by Gasteiger charge is 2.23. The number of nitrogens with zero attached hydrogens (tertiary/aromatic N) is 2. The fourth-order valence-electron chi connectivity index (χ4n) is 0.952. The Morgan fingerprint density at radius 1 is 1.53 bits per heavy atom. The summed E-state index contributed by atoms with van der Waals surface area (Å²) in [6, 6.07) is 2.14. The van der Waals surface area contributed by atoms with Crippen molar-refractivity contribution in [1.82, 2.24) is 0 Å². The molecule has 1 rings (SSSR count). The van der Waals surface area contributed by atoms with Crippen LogP contribution in [0.25, 0.3) is 4.98 Å². The molecule has 0 bridgehead atoms. The number of ether oxygens (including phenoxy) is 1. The molecule has 8 heteroatoms. The van der Waals surface area contributed by atoms with E-state index >= 15 is 0 Å². The topological polar surface area (TPSA) is 91.8 Å². The van der Waals surface area contributed by atoms with Crippen LogP contribution in [0.3, 0.4) is 0 Å². The van der Waals surface area contributed by atoms with E-state index in [0.717, 1.165) is 6.07 Å². The number of hydrogen-bond donors (Lipinski definition) is 1. The van der Waals surface area contributed by atoms with Gasteiger partial charge >= 0.3 is 5.69 Å². The Kier molecular flexibility index (Phi) is 3.14. The van der Waals surface area contributed by atoms with Crippen LogP contribution in [-0.4, -0.2) is 20.1 Å². The summed E-state index contributed by atoms with van der Waals surface area (Å²) in [5.41, 5.74) is -0.0936. The predicted molar refractivity (Wildman–Crippen MR) is 52.6 cm³/mol. The third kappa shape index (κ3) is 2.36. The molecule has 1 aromatic carbocycles. The smallest absolute Gasteiger partial charge is 0.390 e. The van der Waals surface area contributed by atoms with Crippen LogP contribution in [0.2, 0.25) is 5.02 Å². The predicted octanol–water partition coefficient (Wildman–Crippen LogP) is 2.08. The van der Waals surface area contributed by atoms with E-state index in [-0.39, 0.29) is 16.5 Å². The van der Waals surface area contributed by atoms with Crippen molar-refractivity contribution in [3.8, 4) is 5.75 Å². The highest BCUT2D eigenvalue weighted by molar-refractivity contribution is 7.86. The third-order valence-corrected chi connectivity index (χ3v) is 2.98. The van der Waals surface area contributed by atoms with Crippen LogP contribution in [0.4, 0.5) is 5.69 Å². The summed E-state index contributed by atoms with van der Waals surface area (Å²) in [4.78, 5) is 2.21. The Balaban J connectivity index is 3.60. The molecular formula is C7H6ClN2O4S+. The summed E-state index contributed by atoms with van der Waals surface area (Å²) in [6.07, 6.45) is 0. The van der Waals surface area contributed by atoms with Crippen LogP contribution in [-0.2, 0) is 10.1 Å². The van der Waals surface area contributed by atoms with Crippen LogP contribution < -0.4 is 4.74 Å². The average molecular weight is 250 g/mol. The van der Waals surface area contributed by atoms with Crippen molar-refractivity contribution in [2.45, 2.75) is 4.90 Å². The molecule has 0 amide bonds. The van der Waals surface area contributed by atoms with Crippen molar-refractivity contribution in [3.05, 3.63) is 22.1 Å². The molecule has 0 spiro atoms. The Labute approximate surface area is 90.8 Å². The summed E-state index contributed by atoms with van der Waals surface area (Å²) in [7, 11) is -3.22. The molecular weight excluding hydrogens is 244 g/mol. The van der Waals surface area contributed by atoms with Gasteiger partial charge in [0.15, 0.2) is 4.98 Å². The molecule has 0 heterocycles. The molecule has 0 unspecified atom stereocenters. The van der Waals surface area contributed by atoms with Gasteiger partial charge < -0.3 is 4.74 Å². The van der Waals surface area contributed by atoms with Crippen molar-refractivity contribution in [3.63, 3.8) is 0 Å². The monoisotopic (exact) mass is 249 g/mol. The minimum Gasteiger partial charge on any atom is -0.495 e. The fraction of sp³-hybridized carbons (Fsp3) is 0.143. The molecule has 1 N–H and O–H groups in total. The zero-order valence-electron chi connectivity index (χ0n) is 7.51. The van der Waals surface area contributed by atoms with Gasteiger partial charge in [-0.1, -0.05) is 11.6 Å². The first kappa shape index (κ1) is 11.7. The van der Waals surface area contributed by atoms with E-state index in [2.05, 4.69) is 4.98 Å². The lowest BCUT2D eigenvalue weighted by Gasteiger charge is -2.03. The summed E-state index contributed by atoms with van der Waals surface area (Å²) in [5.74, 6) is -0.0143. The normalized spacial score (nSPS) is 10.8. The zero-order valence-corrected chi connectivity index (χ0v) is 9.08. The largest absolute Gasteiger partial charge is 0.495 e. The molecule has 0 aliphatic rings. The second kappa shape index (κ2) is 4.02. The third-order valence-electron chi connectivity index (χ3n) is 1.60. The van der Waals surface area contributed by atoms with Gasteiger partial charge in [0.1, 0.15) is 15.7 Å². The molecule has 0 radical (unpaired) electrons. The maximum absolute atomic E-state index is 10.9. The quantitative estimate of drug-likeness (QED) is 0.640. The van der Waals surface area contributed by atoms with Gasteiger partial charge in [0.2, 0.25) is 5.39 Å². The number of hydrogen-bond acceptors (Lipinski definition) is 4. The first-order valence-corrected chi connectivity index (χ1v) is 5.42. The van der Waals surface area contributed by atoms with Crippen LogP contribution in [0.1, 0.15) is 0 Å². The van der Waals surface area contributed by atoms with Crippen LogP contribution in [0, 0.1) is 5.39 Å². The van der Waals surface area contributed by atoms with E-state index in [0.29, 0.717) is 0 Å². The molecule has 0 aliphatic carbocycles. The second-order valence-electron chi connectivity index (χ2n) is 2.54. The number of methoxy groups -OCH3 is 1. The van der Waals surface area contributed by atoms with Crippen LogP contribution >= 0.6 is 11.6 Å². The van der Waals surface area contributed by atoms with E-state index in [1.165, 1.54) is 13.2 Å².